The summed E-state index contributed by atoms with van der Waals surface area (Å²) < 4.78 is 16.2. The van der Waals surface area contributed by atoms with Crippen LogP contribution in [0.25, 0.3) is 0 Å². The van der Waals surface area contributed by atoms with Crippen LogP contribution in [-0.4, -0.2) is 0 Å². The summed E-state index contributed by atoms with van der Waals surface area (Å²) in [6.45, 7) is 3.99. The van der Waals surface area contributed by atoms with Crippen molar-refractivity contribution in [3.63, 3.8) is 0 Å². The van der Waals surface area contributed by atoms with Crippen molar-refractivity contribution >= 4 is 22.9 Å². The second kappa shape index (κ2) is 4.91. The minimum Gasteiger partial charge on any atom is -0.254 e. The quantitative estimate of drug-likeness (QED) is 0.664. The summed E-state index contributed by atoms with van der Waals surface area (Å²) in [7, 11) is 0. The van der Waals surface area contributed by atoms with E-state index in [9.17, 15) is 4.39 Å². The van der Waals surface area contributed by atoms with Crippen molar-refractivity contribution in [1.29, 1.82) is 0 Å². The Kier molecular flexibility index (Phi) is 4.12. The van der Waals surface area contributed by atoms with Crippen LogP contribution in [0.15, 0.2) is 18.2 Å². The van der Waals surface area contributed by atoms with Crippen LogP contribution in [0.3, 0.4) is 0 Å². The highest BCUT2D eigenvalue weighted by atomic mass is 127. The molecule has 1 atom stereocenters. The molecule has 1 rings (SSSR count). The van der Waals surface area contributed by atoms with E-state index in [1.165, 1.54) is 0 Å². The molecule has 1 aromatic carbocycles. The van der Waals surface area contributed by atoms with Crippen LogP contribution in [0, 0.1) is 12.7 Å². The van der Waals surface area contributed by atoms with Gasteiger partial charge in [0.15, 0.2) is 0 Å². The van der Waals surface area contributed by atoms with E-state index in [-0.39, 0.29) is 11.9 Å². The molecule has 0 heterocycles. The number of hydrogen-bond donors (Lipinski definition) is 1. The van der Waals surface area contributed by atoms with E-state index in [0.717, 1.165) is 17.5 Å². The number of nitrogens with one attached hydrogen (secondary N) is 1. The summed E-state index contributed by atoms with van der Waals surface area (Å²) >= 11 is 2.10. The molecular weight excluding hydrogens is 280 g/mol. The van der Waals surface area contributed by atoms with Gasteiger partial charge < -0.3 is 0 Å². The molecule has 0 spiro atoms. The molecule has 0 saturated heterocycles. The zero-order valence-corrected chi connectivity index (χ0v) is 9.93. The Morgan fingerprint density at radius 3 is 2.62 bits per heavy atom. The van der Waals surface area contributed by atoms with Crippen LogP contribution in [0.2, 0.25) is 0 Å². The lowest BCUT2D eigenvalue weighted by atomic mass is 10.0. The van der Waals surface area contributed by atoms with Crippen LogP contribution in [0.1, 0.15) is 30.5 Å². The molecule has 0 aromatic heterocycles. The average Bonchev–Trinajstić information content (AvgIpc) is 2.04. The number of benzene rings is 1. The first kappa shape index (κ1) is 10.9. The lowest BCUT2D eigenvalue weighted by molar-refractivity contribution is 0.610. The van der Waals surface area contributed by atoms with Crippen molar-refractivity contribution in [1.82, 2.24) is 3.53 Å². The molecule has 0 bridgehead atoms. The minimum atomic E-state index is -0.153. The molecule has 0 amide bonds. The van der Waals surface area contributed by atoms with Crippen LogP contribution in [-0.2, 0) is 0 Å². The minimum absolute atomic E-state index is 0.153. The van der Waals surface area contributed by atoms with Gasteiger partial charge in [0.25, 0.3) is 0 Å². The fourth-order valence-electron chi connectivity index (χ4n) is 1.34. The lowest BCUT2D eigenvalue weighted by Gasteiger charge is -2.13. The number of rotatable bonds is 3. The molecule has 0 aliphatic heterocycles. The number of aryl methyl sites for hydroxylation is 1. The smallest absolute Gasteiger partial charge is 0.123 e. The van der Waals surface area contributed by atoms with Crippen LogP contribution >= 0.6 is 22.9 Å². The molecule has 0 fully saturated rings. The first-order chi connectivity index (χ1) is 6.17. The Morgan fingerprint density at radius 2 is 2.15 bits per heavy atom. The van der Waals surface area contributed by atoms with Gasteiger partial charge in [-0.25, -0.2) is 4.39 Å². The molecule has 1 nitrogen and oxygen atoms in total. The van der Waals surface area contributed by atoms with E-state index in [2.05, 4.69) is 33.3 Å². The summed E-state index contributed by atoms with van der Waals surface area (Å²) in [5.74, 6) is -0.153. The molecular formula is C10H13FIN. The Hall–Kier alpha value is -0.160. The fourth-order valence-corrected chi connectivity index (χ4v) is 2.14. The van der Waals surface area contributed by atoms with E-state index < -0.39 is 0 Å². The van der Waals surface area contributed by atoms with Crippen molar-refractivity contribution < 1.29 is 4.39 Å². The second-order valence-electron chi connectivity index (χ2n) is 3.13. The van der Waals surface area contributed by atoms with Crippen molar-refractivity contribution in [2.24, 2.45) is 0 Å². The molecule has 0 radical (unpaired) electrons. The summed E-state index contributed by atoms with van der Waals surface area (Å²) in [5.41, 5.74) is 1.99. The van der Waals surface area contributed by atoms with E-state index in [0.29, 0.717) is 0 Å². The summed E-state index contributed by atoms with van der Waals surface area (Å²) in [4.78, 5) is 0. The summed E-state index contributed by atoms with van der Waals surface area (Å²) in [6.07, 6.45) is 0.964. The van der Waals surface area contributed by atoms with Crippen molar-refractivity contribution in [2.75, 3.05) is 0 Å². The Bertz CT molecular complexity index is 264. The van der Waals surface area contributed by atoms with Crippen molar-refractivity contribution in [3.8, 4) is 0 Å². The van der Waals surface area contributed by atoms with Crippen LogP contribution in [0.5, 0.6) is 0 Å². The first-order valence-electron chi connectivity index (χ1n) is 4.30. The van der Waals surface area contributed by atoms with E-state index >= 15 is 0 Å². The van der Waals surface area contributed by atoms with Gasteiger partial charge in [-0.2, -0.15) is 0 Å². The Morgan fingerprint density at radius 1 is 1.46 bits per heavy atom. The summed E-state index contributed by atoms with van der Waals surface area (Å²) in [6, 6.07) is 5.40. The standard InChI is InChI=1S/C10H13FIN/c1-3-10(13-12)8-4-7(2)5-9(11)6-8/h4-6,10,13H,3H2,1-2H3. The molecule has 1 N–H and O–H groups in total. The van der Waals surface area contributed by atoms with Crippen LogP contribution < -0.4 is 3.53 Å². The fraction of sp³-hybridized carbons (Fsp3) is 0.400. The Balaban J connectivity index is 2.99. The molecule has 1 unspecified atom stereocenters. The number of halogens is 2. The average molecular weight is 293 g/mol. The monoisotopic (exact) mass is 293 g/mol. The lowest BCUT2D eigenvalue weighted by Crippen LogP contribution is -2.09. The highest BCUT2D eigenvalue weighted by molar-refractivity contribution is 14.1. The molecule has 72 valence electrons. The van der Waals surface area contributed by atoms with Gasteiger partial charge in [-0.15, -0.1) is 0 Å². The predicted molar refractivity (Wildman–Crippen MR) is 61.3 cm³/mol. The SMILES string of the molecule is CCC(NI)c1cc(C)cc(F)c1. The van der Waals surface area contributed by atoms with Gasteiger partial charge >= 0.3 is 0 Å². The van der Waals surface area contributed by atoms with E-state index in [1.807, 2.05) is 13.0 Å². The van der Waals surface area contributed by atoms with Crippen molar-refractivity contribution in [3.05, 3.63) is 35.1 Å². The topological polar surface area (TPSA) is 12.0 Å². The second-order valence-corrected chi connectivity index (χ2v) is 3.75. The largest absolute Gasteiger partial charge is 0.254 e. The molecule has 3 heteroatoms. The maximum Gasteiger partial charge on any atom is 0.123 e. The third kappa shape index (κ3) is 2.91. The molecule has 1 aromatic rings. The zero-order chi connectivity index (χ0) is 9.84. The highest BCUT2D eigenvalue weighted by Crippen LogP contribution is 2.20. The van der Waals surface area contributed by atoms with Gasteiger partial charge in [0.1, 0.15) is 5.82 Å². The maximum absolute atomic E-state index is 13.0. The van der Waals surface area contributed by atoms with Gasteiger partial charge in [-0.3, -0.25) is 3.53 Å². The third-order valence-electron chi connectivity index (χ3n) is 2.01. The van der Waals surface area contributed by atoms with Gasteiger partial charge in [-0.05, 0) is 36.6 Å². The normalized spacial score (nSPS) is 12.9. The molecule has 0 aliphatic carbocycles. The van der Waals surface area contributed by atoms with Crippen molar-refractivity contribution in [2.45, 2.75) is 26.3 Å². The third-order valence-corrected chi connectivity index (χ3v) is 2.76. The zero-order valence-electron chi connectivity index (χ0n) is 7.77. The predicted octanol–water partition coefficient (Wildman–Crippen LogP) is 3.52. The van der Waals surface area contributed by atoms with Gasteiger partial charge in [0.05, 0.1) is 0 Å². The van der Waals surface area contributed by atoms with Gasteiger partial charge in [0, 0.05) is 28.9 Å². The summed E-state index contributed by atoms with van der Waals surface area (Å²) in [5, 5.41) is 0. The van der Waals surface area contributed by atoms with Gasteiger partial charge in [-0.1, -0.05) is 13.0 Å². The van der Waals surface area contributed by atoms with Gasteiger partial charge in [0.2, 0.25) is 0 Å². The molecule has 0 aliphatic rings. The highest BCUT2D eigenvalue weighted by Gasteiger charge is 2.08. The molecule has 0 saturated carbocycles. The van der Waals surface area contributed by atoms with Crippen LogP contribution in [0.4, 0.5) is 4.39 Å². The maximum atomic E-state index is 13.0. The van der Waals surface area contributed by atoms with E-state index in [1.54, 1.807) is 12.1 Å². The molecule has 13 heavy (non-hydrogen) atoms. The first-order valence-corrected chi connectivity index (χ1v) is 5.38. The Labute approximate surface area is 92.2 Å². The van der Waals surface area contributed by atoms with E-state index in [4.69, 9.17) is 0 Å². The number of hydrogen-bond acceptors (Lipinski definition) is 1.